The maximum Gasteiger partial charge on any atom is 0.145 e. The Morgan fingerprint density at radius 1 is 1.00 bits per heavy atom. The van der Waals surface area contributed by atoms with Crippen LogP contribution in [-0.4, -0.2) is 4.98 Å². The van der Waals surface area contributed by atoms with Gasteiger partial charge in [0.05, 0.1) is 6.20 Å². The molecule has 136 valence electrons. The lowest BCUT2D eigenvalue weighted by Crippen LogP contribution is -2.13. The number of benzene rings is 2. The summed E-state index contributed by atoms with van der Waals surface area (Å²) in [6.07, 6.45) is 3.41. The van der Waals surface area contributed by atoms with Crippen molar-refractivity contribution >= 4 is 24.2 Å². The third-order valence-corrected chi connectivity index (χ3v) is 4.17. The largest absolute Gasteiger partial charge is 0.456 e. The highest BCUT2D eigenvalue weighted by Gasteiger charge is 2.04. The molecule has 3 nitrogen and oxygen atoms in total. The predicted octanol–water partition coefficient (Wildman–Crippen LogP) is 6.13. The van der Waals surface area contributed by atoms with Gasteiger partial charge in [-0.2, -0.15) is 0 Å². The predicted molar refractivity (Wildman–Crippen MR) is 111 cm³/mol. The van der Waals surface area contributed by atoms with Crippen molar-refractivity contribution in [1.82, 2.24) is 10.3 Å². The van der Waals surface area contributed by atoms with Crippen LogP contribution in [0.25, 0.3) is 0 Å². The van der Waals surface area contributed by atoms with Gasteiger partial charge in [0.25, 0.3) is 0 Å². The molecule has 0 saturated carbocycles. The molecule has 26 heavy (non-hydrogen) atoms. The van der Waals surface area contributed by atoms with Crippen molar-refractivity contribution < 1.29 is 4.74 Å². The minimum absolute atomic E-state index is 0.700. The molecule has 3 rings (SSSR count). The Morgan fingerprint density at radius 2 is 1.77 bits per heavy atom. The van der Waals surface area contributed by atoms with E-state index in [1.165, 1.54) is 5.56 Å². The Labute approximate surface area is 165 Å². The average Bonchev–Trinajstić information content (AvgIpc) is 2.68. The number of halogens is 1. The SMILES string of the molecule is CC.Sc1ccc(Oc2cccnc2)cc1CNCc1ccc(Cl)cc1. The maximum atomic E-state index is 5.90. The number of rotatable bonds is 6. The Hall–Kier alpha value is -2.01. The summed E-state index contributed by atoms with van der Waals surface area (Å²) in [5.41, 5.74) is 2.26. The summed E-state index contributed by atoms with van der Waals surface area (Å²) in [4.78, 5) is 4.98. The number of hydrogen-bond acceptors (Lipinski definition) is 4. The number of hydrogen-bond donors (Lipinski definition) is 2. The second-order valence-corrected chi connectivity index (χ2v) is 6.23. The molecule has 0 fully saturated rings. The molecule has 1 heterocycles. The molecule has 1 aromatic heterocycles. The van der Waals surface area contributed by atoms with Crippen LogP contribution in [0.3, 0.4) is 0 Å². The molecule has 0 aliphatic heterocycles. The van der Waals surface area contributed by atoms with E-state index in [4.69, 9.17) is 16.3 Å². The van der Waals surface area contributed by atoms with E-state index in [0.717, 1.165) is 27.8 Å². The van der Waals surface area contributed by atoms with Crippen LogP contribution >= 0.6 is 24.2 Å². The molecule has 1 N–H and O–H groups in total. The van der Waals surface area contributed by atoms with Crippen molar-refractivity contribution in [3.8, 4) is 11.5 Å². The lowest BCUT2D eigenvalue weighted by molar-refractivity contribution is 0.478. The van der Waals surface area contributed by atoms with Gasteiger partial charge >= 0.3 is 0 Å². The molecule has 0 radical (unpaired) electrons. The van der Waals surface area contributed by atoms with E-state index in [1.807, 2.05) is 68.4 Å². The summed E-state index contributed by atoms with van der Waals surface area (Å²) < 4.78 is 5.81. The minimum atomic E-state index is 0.700. The lowest BCUT2D eigenvalue weighted by Gasteiger charge is -2.11. The van der Waals surface area contributed by atoms with Crippen LogP contribution in [0.15, 0.2) is 71.9 Å². The smallest absolute Gasteiger partial charge is 0.145 e. The lowest BCUT2D eigenvalue weighted by atomic mass is 10.2. The molecule has 0 atom stereocenters. The van der Waals surface area contributed by atoms with Crippen LogP contribution in [0.5, 0.6) is 11.5 Å². The van der Waals surface area contributed by atoms with Crippen LogP contribution in [0.1, 0.15) is 25.0 Å². The minimum Gasteiger partial charge on any atom is -0.456 e. The first-order valence-corrected chi connectivity index (χ1v) is 9.38. The van der Waals surface area contributed by atoms with Crippen LogP contribution in [0, 0.1) is 0 Å². The van der Waals surface area contributed by atoms with Gasteiger partial charge in [-0.3, -0.25) is 4.98 Å². The van der Waals surface area contributed by atoms with Crippen LogP contribution in [0.4, 0.5) is 0 Å². The first-order chi connectivity index (χ1) is 12.7. The number of nitrogens with one attached hydrogen (secondary N) is 1. The van der Waals surface area contributed by atoms with Crippen LogP contribution in [-0.2, 0) is 13.1 Å². The molecule has 0 spiro atoms. The molecule has 5 heteroatoms. The standard InChI is InChI=1S/C19H17ClN2OS.C2H6/c20-16-5-3-14(4-6-16)11-22-12-15-10-17(7-8-19(15)24)23-18-2-1-9-21-13-18;1-2/h1-10,13,22,24H,11-12H2;1-2H3. The van der Waals surface area contributed by atoms with E-state index in [-0.39, 0.29) is 0 Å². The molecule has 0 amide bonds. The fraction of sp³-hybridized carbons (Fsp3) is 0.190. The van der Waals surface area contributed by atoms with Gasteiger partial charge in [-0.05, 0) is 53.6 Å². The fourth-order valence-electron chi connectivity index (χ4n) is 2.25. The molecule has 3 aromatic rings. The van der Waals surface area contributed by atoms with Crippen molar-refractivity contribution in [1.29, 1.82) is 0 Å². The van der Waals surface area contributed by atoms with Crippen molar-refractivity contribution in [2.45, 2.75) is 31.8 Å². The fourth-order valence-corrected chi connectivity index (χ4v) is 2.60. The molecule has 0 aliphatic carbocycles. The van der Waals surface area contributed by atoms with Gasteiger partial charge in [0, 0.05) is 29.2 Å². The number of aromatic nitrogens is 1. The summed E-state index contributed by atoms with van der Waals surface area (Å²) in [7, 11) is 0. The molecular formula is C21H23ClN2OS. The first kappa shape index (κ1) is 20.3. The molecule has 0 unspecified atom stereocenters. The normalized spacial score (nSPS) is 10.0. The van der Waals surface area contributed by atoms with Gasteiger partial charge < -0.3 is 10.1 Å². The van der Waals surface area contributed by atoms with E-state index in [9.17, 15) is 0 Å². The topological polar surface area (TPSA) is 34.1 Å². The molecule has 0 saturated heterocycles. The zero-order valence-electron chi connectivity index (χ0n) is 14.9. The zero-order valence-corrected chi connectivity index (χ0v) is 16.6. The maximum absolute atomic E-state index is 5.90. The Bertz CT molecular complexity index is 795. The van der Waals surface area contributed by atoms with Crippen molar-refractivity contribution in [2.24, 2.45) is 0 Å². The highest BCUT2D eigenvalue weighted by Crippen LogP contribution is 2.25. The number of pyridine rings is 1. The summed E-state index contributed by atoms with van der Waals surface area (Å²) >= 11 is 10.4. The van der Waals surface area contributed by atoms with Crippen LogP contribution < -0.4 is 10.1 Å². The second kappa shape index (κ2) is 10.9. The van der Waals surface area contributed by atoms with E-state index >= 15 is 0 Å². The molecule has 2 aromatic carbocycles. The van der Waals surface area contributed by atoms with Crippen molar-refractivity contribution in [2.75, 3.05) is 0 Å². The Kier molecular flexibility index (Phi) is 8.48. The van der Waals surface area contributed by atoms with E-state index in [0.29, 0.717) is 12.3 Å². The first-order valence-electron chi connectivity index (χ1n) is 8.55. The van der Waals surface area contributed by atoms with E-state index in [1.54, 1.807) is 12.4 Å². The molecule has 0 bridgehead atoms. The van der Waals surface area contributed by atoms with Gasteiger partial charge in [-0.15, -0.1) is 12.6 Å². The number of nitrogens with zero attached hydrogens (tertiary/aromatic N) is 1. The van der Waals surface area contributed by atoms with Gasteiger partial charge in [0.1, 0.15) is 11.5 Å². The summed E-state index contributed by atoms with van der Waals surface area (Å²) in [5, 5.41) is 4.16. The zero-order chi connectivity index (χ0) is 18.8. The Morgan fingerprint density at radius 3 is 2.46 bits per heavy atom. The number of ether oxygens (including phenoxy) is 1. The van der Waals surface area contributed by atoms with Crippen molar-refractivity contribution in [3.05, 3.63) is 83.1 Å². The monoisotopic (exact) mass is 386 g/mol. The van der Waals surface area contributed by atoms with E-state index in [2.05, 4.69) is 22.9 Å². The highest BCUT2D eigenvalue weighted by atomic mass is 35.5. The third-order valence-electron chi connectivity index (χ3n) is 3.48. The molecule has 0 aliphatic rings. The highest BCUT2D eigenvalue weighted by molar-refractivity contribution is 7.80. The summed E-state index contributed by atoms with van der Waals surface area (Å²) in [5.74, 6) is 1.48. The quantitative estimate of drug-likeness (QED) is 0.500. The number of thiol groups is 1. The van der Waals surface area contributed by atoms with E-state index < -0.39 is 0 Å². The van der Waals surface area contributed by atoms with Gasteiger partial charge in [-0.25, -0.2) is 0 Å². The second-order valence-electron chi connectivity index (χ2n) is 5.31. The van der Waals surface area contributed by atoms with Gasteiger partial charge in [-0.1, -0.05) is 37.6 Å². The third kappa shape index (κ3) is 6.37. The average molecular weight is 387 g/mol. The van der Waals surface area contributed by atoms with Crippen LogP contribution in [0.2, 0.25) is 5.02 Å². The van der Waals surface area contributed by atoms with Gasteiger partial charge in [0.15, 0.2) is 0 Å². The summed E-state index contributed by atoms with van der Waals surface area (Å²) in [6, 6.07) is 17.4. The summed E-state index contributed by atoms with van der Waals surface area (Å²) in [6.45, 7) is 5.46. The molecular weight excluding hydrogens is 364 g/mol. The van der Waals surface area contributed by atoms with Crippen molar-refractivity contribution in [3.63, 3.8) is 0 Å². The Balaban J connectivity index is 0.00000117. The van der Waals surface area contributed by atoms with Gasteiger partial charge in [0.2, 0.25) is 0 Å².